The molecule has 2 N–H and O–H groups in total. The average molecular weight is 296 g/mol. The number of rotatable bonds is 3. The van der Waals surface area contributed by atoms with Crippen molar-refractivity contribution in [2.75, 3.05) is 0 Å². The van der Waals surface area contributed by atoms with E-state index >= 15 is 0 Å². The Kier molecular flexibility index (Phi) is 3.30. The van der Waals surface area contributed by atoms with E-state index in [1.165, 1.54) is 12.1 Å². The summed E-state index contributed by atoms with van der Waals surface area (Å²) in [6, 6.07) is 9.30. The van der Waals surface area contributed by atoms with Crippen LogP contribution in [0.5, 0.6) is 5.75 Å². The first-order valence-corrected chi connectivity index (χ1v) is 6.48. The average Bonchev–Trinajstić information content (AvgIpc) is 2.83. The molecule has 3 rings (SSSR count). The molecular weight excluding hydrogens is 284 g/mol. The lowest BCUT2D eigenvalue weighted by Gasteiger charge is -1.98. The summed E-state index contributed by atoms with van der Waals surface area (Å²) in [5.41, 5.74) is 1.76. The van der Waals surface area contributed by atoms with E-state index < -0.39 is 5.97 Å². The predicted molar refractivity (Wildman–Crippen MR) is 79.2 cm³/mol. The highest BCUT2D eigenvalue weighted by molar-refractivity contribution is 5.87. The zero-order valence-corrected chi connectivity index (χ0v) is 11.6. The number of aromatic hydroxyl groups is 1. The molecule has 0 bridgehead atoms. The number of aromatic nitrogens is 2. The molecule has 0 saturated carbocycles. The fourth-order valence-corrected chi connectivity index (χ4v) is 2.05. The molecule has 2 aromatic heterocycles. The van der Waals surface area contributed by atoms with Crippen LogP contribution in [0.2, 0.25) is 0 Å². The number of carboxylic acid groups (broad SMARTS) is 1. The van der Waals surface area contributed by atoms with Crippen LogP contribution in [-0.2, 0) is 0 Å². The van der Waals surface area contributed by atoms with Crippen LogP contribution in [0.4, 0.5) is 11.5 Å². The first-order valence-electron chi connectivity index (χ1n) is 6.48. The Morgan fingerprint density at radius 3 is 2.59 bits per heavy atom. The van der Waals surface area contributed by atoms with Gasteiger partial charge in [0.1, 0.15) is 0 Å². The van der Waals surface area contributed by atoms with Crippen LogP contribution in [0.3, 0.4) is 0 Å². The summed E-state index contributed by atoms with van der Waals surface area (Å²) in [5.74, 6) is -0.414. The maximum Gasteiger partial charge on any atom is 0.335 e. The van der Waals surface area contributed by atoms with Crippen molar-refractivity contribution in [3.63, 3.8) is 0 Å². The standard InChI is InChI=1S/C15H12N4O3/c1-9-13(19-8-2-3-12(20)14(19)16-9)18-17-11-6-4-10(5-7-11)15(21)22/h2-8,20H,1H3,(H,21,22). The highest BCUT2D eigenvalue weighted by atomic mass is 16.4. The molecule has 0 amide bonds. The summed E-state index contributed by atoms with van der Waals surface area (Å²) in [6.07, 6.45) is 1.73. The van der Waals surface area contributed by atoms with E-state index in [-0.39, 0.29) is 11.3 Å². The van der Waals surface area contributed by atoms with Crippen molar-refractivity contribution in [3.05, 3.63) is 53.9 Å². The van der Waals surface area contributed by atoms with Crippen LogP contribution in [0.25, 0.3) is 5.65 Å². The lowest BCUT2D eigenvalue weighted by molar-refractivity contribution is 0.0697. The van der Waals surface area contributed by atoms with Crippen molar-refractivity contribution in [1.29, 1.82) is 0 Å². The van der Waals surface area contributed by atoms with Crippen LogP contribution in [0.1, 0.15) is 16.1 Å². The molecule has 0 aliphatic carbocycles. The summed E-state index contributed by atoms with van der Waals surface area (Å²) >= 11 is 0. The van der Waals surface area contributed by atoms with Crippen molar-refractivity contribution >= 4 is 23.1 Å². The molecule has 0 atom stereocenters. The maximum atomic E-state index is 10.8. The van der Waals surface area contributed by atoms with Gasteiger partial charge in [0.05, 0.1) is 16.9 Å². The van der Waals surface area contributed by atoms with Crippen molar-refractivity contribution in [2.24, 2.45) is 10.2 Å². The zero-order valence-electron chi connectivity index (χ0n) is 11.6. The van der Waals surface area contributed by atoms with Crippen LogP contribution in [0.15, 0.2) is 52.8 Å². The van der Waals surface area contributed by atoms with Crippen molar-refractivity contribution in [1.82, 2.24) is 9.38 Å². The summed E-state index contributed by atoms with van der Waals surface area (Å²) < 4.78 is 1.64. The van der Waals surface area contributed by atoms with E-state index in [1.807, 2.05) is 0 Å². The van der Waals surface area contributed by atoms with Crippen molar-refractivity contribution in [3.8, 4) is 5.75 Å². The summed E-state index contributed by atoms with van der Waals surface area (Å²) in [5, 5.41) is 26.8. The molecule has 0 aliphatic heterocycles. The smallest absolute Gasteiger partial charge is 0.335 e. The molecule has 0 spiro atoms. The van der Waals surface area contributed by atoms with Gasteiger partial charge in [-0.05, 0) is 43.3 Å². The Morgan fingerprint density at radius 2 is 1.91 bits per heavy atom. The lowest BCUT2D eigenvalue weighted by atomic mass is 10.2. The molecule has 1 aromatic carbocycles. The van der Waals surface area contributed by atoms with Gasteiger partial charge in [0.2, 0.25) is 0 Å². The first kappa shape index (κ1) is 13.7. The number of hydrogen-bond acceptors (Lipinski definition) is 5. The lowest BCUT2D eigenvalue weighted by Crippen LogP contribution is -1.93. The summed E-state index contributed by atoms with van der Waals surface area (Å²) in [4.78, 5) is 15.0. The van der Waals surface area contributed by atoms with E-state index in [0.717, 1.165) is 0 Å². The molecule has 7 nitrogen and oxygen atoms in total. The molecule has 0 unspecified atom stereocenters. The second kappa shape index (κ2) is 5.28. The molecule has 0 saturated heterocycles. The summed E-state index contributed by atoms with van der Waals surface area (Å²) in [6.45, 7) is 1.77. The van der Waals surface area contributed by atoms with Gasteiger partial charge in [0.15, 0.2) is 17.2 Å². The number of fused-ring (bicyclic) bond motifs is 1. The molecule has 2 heterocycles. The van der Waals surface area contributed by atoms with Gasteiger partial charge >= 0.3 is 5.97 Å². The van der Waals surface area contributed by atoms with Gasteiger partial charge in [-0.15, -0.1) is 10.2 Å². The van der Waals surface area contributed by atoms with Crippen LogP contribution >= 0.6 is 0 Å². The number of aryl methyl sites for hydroxylation is 1. The monoisotopic (exact) mass is 296 g/mol. The Hall–Kier alpha value is -3.22. The minimum Gasteiger partial charge on any atom is -0.504 e. The predicted octanol–water partition coefficient (Wildman–Crippen LogP) is 3.46. The largest absolute Gasteiger partial charge is 0.504 e. The van der Waals surface area contributed by atoms with Gasteiger partial charge in [-0.25, -0.2) is 9.78 Å². The number of azo groups is 1. The van der Waals surface area contributed by atoms with Gasteiger partial charge in [-0.2, -0.15) is 0 Å². The second-order valence-electron chi connectivity index (χ2n) is 4.66. The molecule has 110 valence electrons. The molecule has 0 radical (unpaired) electrons. The molecule has 0 aliphatic rings. The number of aromatic carboxylic acids is 1. The number of hydrogen-bond donors (Lipinski definition) is 2. The zero-order chi connectivity index (χ0) is 15.7. The highest BCUT2D eigenvalue weighted by Crippen LogP contribution is 2.27. The van der Waals surface area contributed by atoms with Crippen molar-refractivity contribution < 1.29 is 15.0 Å². The van der Waals surface area contributed by atoms with E-state index in [2.05, 4.69) is 15.2 Å². The highest BCUT2D eigenvalue weighted by Gasteiger charge is 2.10. The van der Waals surface area contributed by atoms with Gasteiger partial charge in [-0.1, -0.05) is 0 Å². The van der Waals surface area contributed by atoms with E-state index in [0.29, 0.717) is 22.8 Å². The Balaban J connectivity index is 1.97. The second-order valence-corrected chi connectivity index (χ2v) is 4.66. The van der Waals surface area contributed by atoms with Gasteiger partial charge in [0.25, 0.3) is 0 Å². The van der Waals surface area contributed by atoms with E-state index in [9.17, 15) is 9.90 Å². The SMILES string of the molecule is Cc1nc2c(O)cccn2c1N=Nc1ccc(C(=O)O)cc1. The fourth-order valence-electron chi connectivity index (χ4n) is 2.05. The maximum absolute atomic E-state index is 10.8. The number of carbonyl (C=O) groups is 1. The summed E-state index contributed by atoms with van der Waals surface area (Å²) in [7, 11) is 0. The number of nitrogens with zero attached hydrogens (tertiary/aromatic N) is 4. The molecule has 3 aromatic rings. The van der Waals surface area contributed by atoms with Gasteiger partial charge < -0.3 is 10.2 Å². The topological polar surface area (TPSA) is 99.5 Å². The Bertz CT molecular complexity index is 882. The minimum absolute atomic E-state index is 0.0675. The minimum atomic E-state index is -0.989. The third kappa shape index (κ3) is 2.39. The molecule has 0 fully saturated rings. The first-order chi connectivity index (χ1) is 10.6. The Morgan fingerprint density at radius 1 is 1.18 bits per heavy atom. The third-order valence-electron chi connectivity index (χ3n) is 3.15. The van der Waals surface area contributed by atoms with Gasteiger partial charge in [0, 0.05) is 6.20 Å². The van der Waals surface area contributed by atoms with Gasteiger partial charge in [-0.3, -0.25) is 4.40 Å². The fraction of sp³-hybridized carbons (Fsp3) is 0.0667. The van der Waals surface area contributed by atoms with Crippen LogP contribution in [-0.4, -0.2) is 25.6 Å². The third-order valence-corrected chi connectivity index (χ3v) is 3.15. The molecular formula is C15H12N4O3. The molecule has 7 heteroatoms. The normalized spacial score (nSPS) is 11.3. The number of carboxylic acids is 1. The number of pyridine rings is 1. The quantitative estimate of drug-likeness (QED) is 0.723. The number of imidazole rings is 1. The number of benzene rings is 1. The Labute approximate surface area is 125 Å². The van der Waals surface area contributed by atoms with Crippen LogP contribution in [0, 0.1) is 6.92 Å². The van der Waals surface area contributed by atoms with Crippen LogP contribution < -0.4 is 0 Å². The van der Waals surface area contributed by atoms with Crippen molar-refractivity contribution in [2.45, 2.75) is 6.92 Å². The van der Waals surface area contributed by atoms with E-state index in [1.54, 1.807) is 41.8 Å². The molecule has 22 heavy (non-hydrogen) atoms. The van der Waals surface area contributed by atoms with E-state index in [4.69, 9.17) is 5.11 Å².